The summed E-state index contributed by atoms with van der Waals surface area (Å²) in [6, 6.07) is -0.728. The Labute approximate surface area is 105 Å². The highest BCUT2D eigenvalue weighted by Crippen LogP contribution is 2.39. The largest absolute Gasteiger partial charge is 0.409 e. The summed E-state index contributed by atoms with van der Waals surface area (Å²) < 4.78 is 73.9. The van der Waals surface area contributed by atoms with Gasteiger partial charge in [-0.15, -0.1) is 0 Å². The minimum atomic E-state index is -5.65. The van der Waals surface area contributed by atoms with Crippen LogP contribution in [0, 0.1) is 11.8 Å². The average Bonchev–Trinajstić information content (AvgIpc) is 2.16. The van der Waals surface area contributed by atoms with Crippen LogP contribution in [0.4, 0.5) is 26.3 Å². The van der Waals surface area contributed by atoms with Gasteiger partial charge in [0.25, 0.3) is 0 Å². The van der Waals surface area contributed by atoms with Crippen molar-refractivity contribution < 1.29 is 31.1 Å². The molecule has 1 heterocycles. The molecule has 0 aliphatic carbocycles. The van der Waals surface area contributed by atoms with Gasteiger partial charge < -0.3 is 10.6 Å². The molecule has 1 fully saturated rings. The van der Waals surface area contributed by atoms with Crippen molar-refractivity contribution in [3.05, 3.63) is 0 Å². The van der Waals surface area contributed by atoms with E-state index in [1.54, 1.807) is 6.92 Å². The molecule has 1 aliphatic rings. The lowest BCUT2D eigenvalue weighted by molar-refractivity contribution is -0.274. The van der Waals surface area contributed by atoms with Crippen molar-refractivity contribution >= 4 is 5.91 Å². The lowest BCUT2D eigenvalue weighted by Gasteiger charge is -2.32. The Morgan fingerprint density at radius 3 is 2.16 bits per heavy atom. The fourth-order valence-electron chi connectivity index (χ4n) is 1.93. The van der Waals surface area contributed by atoms with Crippen LogP contribution in [0.15, 0.2) is 0 Å². The smallest absolute Gasteiger partial charge is 0.351 e. The normalized spacial score (nSPS) is 25.5. The maximum atomic E-state index is 12.3. The SMILES string of the molecule is CC1CCNCC1NC(=O)C(C(F)(F)F)C(F)(F)F. The molecular weight excluding hydrogens is 278 g/mol. The van der Waals surface area contributed by atoms with Crippen LogP contribution in [0.2, 0.25) is 0 Å². The number of piperidine rings is 1. The molecule has 1 amide bonds. The third-order valence-electron chi connectivity index (χ3n) is 3.07. The van der Waals surface area contributed by atoms with Gasteiger partial charge in [-0.05, 0) is 18.9 Å². The Balaban J connectivity index is 2.78. The first kappa shape index (κ1) is 16.1. The standard InChI is InChI=1S/C10H14F6N2O/c1-5-2-3-17-4-6(5)18-8(19)7(9(11,12)13)10(14,15)16/h5-7,17H,2-4H2,1H3,(H,18,19). The van der Waals surface area contributed by atoms with Gasteiger partial charge in [0.15, 0.2) is 0 Å². The van der Waals surface area contributed by atoms with Crippen LogP contribution in [0.3, 0.4) is 0 Å². The summed E-state index contributed by atoms with van der Waals surface area (Å²) >= 11 is 0. The number of rotatable bonds is 2. The minimum absolute atomic E-state index is 0.162. The Bertz CT molecular complexity index is 313. The maximum absolute atomic E-state index is 12.3. The number of amides is 1. The molecule has 1 saturated heterocycles. The van der Waals surface area contributed by atoms with Gasteiger partial charge in [0.2, 0.25) is 11.8 Å². The lowest BCUT2D eigenvalue weighted by Crippen LogP contribution is -2.55. The van der Waals surface area contributed by atoms with Crippen molar-refractivity contribution in [1.29, 1.82) is 0 Å². The first-order valence-electron chi connectivity index (χ1n) is 5.68. The second-order valence-corrected chi connectivity index (χ2v) is 4.60. The lowest BCUT2D eigenvalue weighted by atomic mass is 9.94. The highest BCUT2D eigenvalue weighted by molar-refractivity contribution is 5.80. The number of hydrogen-bond acceptors (Lipinski definition) is 2. The topological polar surface area (TPSA) is 41.1 Å². The quantitative estimate of drug-likeness (QED) is 0.763. The van der Waals surface area contributed by atoms with Crippen molar-refractivity contribution in [2.45, 2.75) is 31.7 Å². The third kappa shape index (κ3) is 4.26. The van der Waals surface area contributed by atoms with Crippen LogP contribution < -0.4 is 10.6 Å². The number of carbonyl (C=O) groups is 1. The number of carbonyl (C=O) groups excluding carboxylic acids is 1. The van der Waals surface area contributed by atoms with Crippen LogP contribution in [0.5, 0.6) is 0 Å². The van der Waals surface area contributed by atoms with Crippen molar-refractivity contribution in [2.75, 3.05) is 13.1 Å². The van der Waals surface area contributed by atoms with Crippen molar-refractivity contribution in [1.82, 2.24) is 10.6 Å². The molecule has 19 heavy (non-hydrogen) atoms. The second kappa shape index (κ2) is 5.56. The maximum Gasteiger partial charge on any atom is 0.409 e. The number of nitrogens with one attached hydrogen (secondary N) is 2. The van der Waals surface area contributed by atoms with E-state index in [4.69, 9.17) is 0 Å². The summed E-state index contributed by atoms with van der Waals surface area (Å²) in [6.07, 6.45) is -10.7. The Morgan fingerprint density at radius 2 is 1.74 bits per heavy atom. The molecule has 0 bridgehead atoms. The van der Waals surface area contributed by atoms with Crippen LogP contribution in [-0.4, -0.2) is 37.4 Å². The van der Waals surface area contributed by atoms with Crippen LogP contribution in [-0.2, 0) is 4.79 Å². The molecular formula is C10H14F6N2O. The van der Waals surface area contributed by atoms with E-state index in [0.29, 0.717) is 13.0 Å². The molecule has 2 N–H and O–H groups in total. The van der Waals surface area contributed by atoms with Crippen LogP contribution >= 0.6 is 0 Å². The zero-order valence-electron chi connectivity index (χ0n) is 10.0. The molecule has 0 aromatic rings. The van der Waals surface area contributed by atoms with Gasteiger partial charge in [0.1, 0.15) is 0 Å². The molecule has 3 nitrogen and oxygen atoms in total. The van der Waals surface area contributed by atoms with Gasteiger partial charge >= 0.3 is 12.4 Å². The first-order chi connectivity index (χ1) is 8.53. The molecule has 1 rings (SSSR count). The molecule has 2 atom stereocenters. The van der Waals surface area contributed by atoms with E-state index in [-0.39, 0.29) is 12.5 Å². The van der Waals surface area contributed by atoms with E-state index in [9.17, 15) is 31.1 Å². The fraction of sp³-hybridized carbons (Fsp3) is 0.900. The third-order valence-corrected chi connectivity index (χ3v) is 3.07. The van der Waals surface area contributed by atoms with Gasteiger partial charge in [-0.1, -0.05) is 6.92 Å². The summed E-state index contributed by atoms with van der Waals surface area (Å²) in [5.74, 6) is -6.19. The zero-order chi connectivity index (χ0) is 14.8. The average molecular weight is 292 g/mol. The van der Waals surface area contributed by atoms with Gasteiger partial charge in [-0.3, -0.25) is 4.79 Å². The van der Waals surface area contributed by atoms with E-state index in [1.165, 1.54) is 0 Å². The molecule has 0 radical (unpaired) electrons. The molecule has 9 heteroatoms. The van der Waals surface area contributed by atoms with Gasteiger partial charge in [-0.2, -0.15) is 26.3 Å². The number of alkyl halides is 6. The van der Waals surface area contributed by atoms with Gasteiger partial charge in [0, 0.05) is 12.6 Å². The molecule has 2 unspecified atom stereocenters. The predicted molar refractivity (Wildman–Crippen MR) is 54.2 cm³/mol. The fourth-order valence-corrected chi connectivity index (χ4v) is 1.93. The van der Waals surface area contributed by atoms with E-state index in [1.807, 2.05) is 5.32 Å². The second-order valence-electron chi connectivity index (χ2n) is 4.60. The monoisotopic (exact) mass is 292 g/mol. The van der Waals surface area contributed by atoms with E-state index in [0.717, 1.165) is 0 Å². The molecule has 1 aliphatic heterocycles. The van der Waals surface area contributed by atoms with Crippen LogP contribution in [0.25, 0.3) is 0 Å². The highest BCUT2D eigenvalue weighted by atomic mass is 19.4. The molecule has 0 saturated carbocycles. The van der Waals surface area contributed by atoms with Crippen LogP contribution in [0.1, 0.15) is 13.3 Å². The van der Waals surface area contributed by atoms with Gasteiger partial charge in [-0.25, -0.2) is 0 Å². The molecule has 112 valence electrons. The van der Waals surface area contributed by atoms with E-state index < -0.39 is 30.2 Å². The predicted octanol–water partition coefficient (Wildman–Crippen LogP) is 1.84. The summed E-state index contributed by atoms with van der Waals surface area (Å²) in [5.41, 5.74) is 0. The molecule has 0 spiro atoms. The van der Waals surface area contributed by atoms with E-state index in [2.05, 4.69) is 5.32 Å². The van der Waals surface area contributed by atoms with Crippen molar-refractivity contribution in [3.63, 3.8) is 0 Å². The van der Waals surface area contributed by atoms with Crippen molar-refractivity contribution in [2.24, 2.45) is 11.8 Å². The first-order valence-corrected chi connectivity index (χ1v) is 5.68. The molecule has 0 aromatic carbocycles. The minimum Gasteiger partial charge on any atom is -0.351 e. The summed E-state index contributed by atoms with van der Waals surface area (Å²) in [5, 5.41) is 4.65. The van der Waals surface area contributed by atoms with Gasteiger partial charge in [0.05, 0.1) is 0 Å². The number of hydrogen-bond donors (Lipinski definition) is 2. The molecule has 0 aromatic heterocycles. The Kier molecular flexibility index (Phi) is 4.70. The van der Waals surface area contributed by atoms with Crippen molar-refractivity contribution in [3.8, 4) is 0 Å². The summed E-state index contributed by atoms with van der Waals surface area (Å²) in [6.45, 7) is 2.45. The summed E-state index contributed by atoms with van der Waals surface area (Å²) in [7, 11) is 0. The summed E-state index contributed by atoms with van der Waals surface area (Å²) in [4.78, 5) is 11.3. The van der Waals surface area contributed by atoms with E-state index >= 15 is 0 Å². The highest BCUT2D eigenvalue weighted by Gasteiger charge is 2.61. The zero-order valence-corrected chi connectivity index (χ0v) is 10.0. The Hall–Kier alpha value is -0.990. The number of halogens is 6. The Morgan fingerprint density at radius 1 is 1.21 bits per heavy atom.